The van der Waals surface area contributed by atoms with Crippen LogP contribution < -0.4 is 20.1 Å². The van der Waals surface area contributed by atoms with Crippen LogP contribution in [0.4, 0.5) is 0 Å². The average Bonchev–Trinajstić information content (AvgIpc) is 0.746. The Morgan fingerprint density at radius 1 is 0.600 bits per heavy atom. The van der Waals surface area contributed by atoms with Crippen LogP contribution in [0.5, 0.6) is 0 Å². The van der Waals surface area contributed by atoms with E-state index in [1.165, 1.54) is 0 Å². The van der Waals surface area contributed by atoms with Crippen molar-refractivity contribution in [2.75, 3.05) is 0 Å². The van der Waals surface area contributed by atoms with Crippen LogP contribution in [-0.4, -0.2) is 27.6 Å². The molecule has 0 atom stereocenters. The molecule has 1 saturated carbocycles. The molecule has 242 valence electrons. The maximum Gasteiger partial charge on any atom is 0.443 e. The van der Waals surface area contributed by atoms with E-state index in [0.717, 1.165) is 0 Å². The summed E-state index contributed by atoms with van der Waals surface area (Å²) in [6, 6.07) is -34.2. The summed E-state index contributed by atoms with van der Waals surface area (Å²) in [6.07, 6.45) is -26.2. The molecule has 0 amide bonds. The number of para-hydroxylation sites is 2. The molecule has 3 heterocycles. The van der Waals surface area contributed by atoms with E-state index in [1.807, 2.05) is 0 Å². The number of nitrogens with zero attached hydrogens (tertiary/aromatic N) is 5. The van der Waals surface area contributed by atoms with Crippen LogP contribution in [0, 0.1) is 0 Å². The smallest absolute Gasteiger partial charge is 0.264 e. The third-order valence-corrected chi connectivity index (χ3v) is 11.4. The second-order valence-electron chi connectivity index (χ2n) is 9.98. The van der Waals surface area contributed by atoms with Crippen LogP contribution in [0.25, 0.3) is 45.1 Å². The van der Waals surface area contributed by atoms with Gasteiger partial charge in [0.2, 0.25) is 5.82 Å². The first-order valence-corrected chi connectivity index (χ1v) is 16.2. The van der Waals surface area contributed by atoms with E-state index in [1.54, 1.807) is 0 Å². The lowest BCUT2D eigenvalue weighted by Crippen LogP contribution is -2.70. The molecule has 0 aliphatic heterocycles. The predicted molar refractivity (Wildman–Crippen MR) is 206 cm³/mol. The maximum atomic E-state index is 10.7. The van der Waals surface area contributed by atoms with Gasteiger partial charge in [0.05, 0.1) is 57.6 Å². The first-order valence-electron chi connectivity index (χ1n) is 33.2. The molecular weight excluding hydrogens is 627 g/mol. The molecule has 0 saturated heterocycles. The second-order valence-corrected chi connectivity index (χ2v) is 13.5. The topological polar surface area (TPSA) is 47.5 Å². The van der Waals surface area contributed by atoms with Gasteiger partial charge in [-0.05, 0) is 67.3 Å². The lowest BCUT2D eigenvalue weighted by molar-refractivity contribution is -0.603. The SMILES string of the molecule is [2H]c1c([2H])c([2H])c([Si](c2c([2H])c([2H])c([2H])c([2H])c2[2H])(c2c([2H])c([2H])c([2H])c(-c3nc(-n4c5c([2H])c([2H])c([2H])c([2H])c5c5c([2H])c([2H])c([2H])c([2H])c54)nc(-[n+]4c([2H])c([2H])c([2H])c([2H])c4[2H])n3)c2[2H])C2([2H])C([2H])([2H])C([2H])([2H])C([2H])([2H])C([2H])([2H])C2([2H])[2H])c([2H])c1[2H]. The van der Waals surface area contributed by atoms with Gasteiger partial charge >= 0.3 is 11.9 Å². The third kappa shape index (κ3) is 5.15. The molecule has 0 radical (unpaired) electrons. The second kappa shape index (κ2) is 13.0. The summed E-state index contributed by atoms with van der Waals surface area (Å²) in [5.41, 5.74) is -8.16. The van der Waals surface area contributed by atoms with Crippen molar-refractivity contribution in [3.8, 4) is 23.3 Å². The molecule has 0 bridgehead atoms. The highest BCUT2D eigenvalue weighted by Crippen LogP contribution is 2.37. The highest BCUT2D eigenvalue weighted by Gasteiger charge is 2.46. The number of aromatic nitrogens is 5. The van der Waals surface area contributed by atoms with Crippen LogP contribution in [0.1, 0.15) is 84.0 Å². The summed E-state index contributed by atoms with van der Waals surface area (Å²) in [5, 5.41) is -6.79. The molecule has 8 aromatic rings. The fourth-order valence-electron chi connectivity index (χ4n) is 5.32. The van der Waals surface area contributed by atoms with Crippen molar-refractivity contribution in [2.45, 2.75) is 37.4 Å². The van der Waals surface area contributed by atoms with Crippen molar-refractivity contribution in [1.82, 2.24) is 19.5 Å². The molecule has 0 spiro atoms. The van der Waals surface area contributed by atoms with Gasteiger partial charge in [0, 0.05) is 31.4 Å². The highest BCUT2D eigenvalue weighted by atomic mass is 28.3. The number of rotatable bonds is 7. The van der Waals surface area contributed by atoms with Crippen LogP contribution in [0.3, 0.4) is 0 Å². The number of hydrogen-bond acceptors (Lipinski definition) is 3. The zero-order valence-electron chi connectivity index (χ0n) is 62.7. The fraction of sp³-hybridized carbons (Fsp3) is 0.136. The van der Waals surface area contributed by atoms with Crippen LogP contribution in [-0.2, 0) is 0 Å². The molecule has 5 aromatic carbocycles. The van der Waals surface area contributed by atoms with Gasteiger partial charge in [0.1, 0.15) is 2.74 Å². The van der Waals surface area contributed by atoms with Gasteiger partial charge in [0.25, 0.3) is 0 Å². The van der Waals surface area contributed by atoms with Gasteiger partial charge in [-0.25, -0.2) is 4.57 Å². The lowest BCUT2D eigenvalue weighted by atomic mass is 10.0. The summed E-state index contributed by atoms with van der Waals surface area (Å²) in [5.74, 6) is -3.91. The van der Waals surface area contributed by atoms with Gasteiger partial charge in [-0.15, -0.1) is 0 Å². The van der Waals surface area contributed by atoms with Crippen LogP contribution in [0.2, 0.25) is 5.52 Å². The quantitative estimate of drug-likeness (QED) is 0.0972. The summed E-state index contributed by atoms with van der Waals surface area (Å²) < 4.78 is 349. The minimum Gasteiger partial charge on any atom is -0.264 e. The molecule has 3 aromatic heterocycles. The molecule has 0 N–H and O–H groups in total. The highest BCUT2D eigenvalue weighted by molar-refractivity contribution is 7.12. The Kier molecular flexibility index (Phi) is 2.64. The zero-order valence-corrected chi connectivity index (χ0v) is 25.7. The molecule has 1 aliphatic carbocycles. The number of fused-ring (bicyclic) bond motifs is 3. The third-order valence-electron chi connectivity index (χ3n) is 7.35. The van der Waals surface area contributed by atoms with Crippen molar-refractivity contribution in [1.29, 1.82) is 0 Å². The van der Waals surface area contributed by atoms with E-state index in [2.05, 4.69) is 15.0 Å². The van der Waals surface area contributed by atoms with E-state index in [0.29, 0.717) is 4.57 Å². The summed E-state index contributed by atoms with van der Waals surface area (Å²) in [6.45, 7) is 0. The number of hydrogen-bond donors (Lipinski definition) is 0. The van der Waals surface area contributed by atoms with Crippen molar-refractivity contribution in [3.05, 3.63) is 163 Å². The molecule has 1 aliphatic rings. The van der Waals surface area contributed by atoms with E-state index in [4.69, 9.17) is 34.3 Å². The minimum absolute atomic E-state index is 0.213. The maximum absolute atomic E-state index is 10.7. The Morgan fingerprint density at radius 3 is 1.80 bits per heavy atom. The van der Waals surface area contributed by atoms with Crippen LogP contribution in [0.15, 0.2) is 163 Å². The molecule has 5 nitrogen and oxygen atoms in total. The first-order chi connectivity index (χ1) is 40.2. The zero-order chi connectivity index (χ0) is 66.7. The number of pyridine rings is 1. The largest absolute Gasteiger partial charge is 0.443 e. The van der Waals surface area contributed by atoms with E-state index in [-0.39, 0.29) is 4.57 Å². The Bertz CT molecular complexity index is 4240. The first kappa shape index (κ1) is 10.2. The van der Waals surface area contributed by atoms with E-state index >= 15 is 0 Å². The fourth-order valence-corrected chi connectivity index (χ4v) is 8.88. The van der Waals surface area contributed by atoms with Gasteiger partial charge in [-0.2, -0.15) is 4.98 Å². The molecule has 1 fully saturated rings. The molecule has 50 heavy (non-hydrogen) atoms. The van der Waals surface area contributed by atoms with Gasteiger partial charge < -0.3 is 0 Å². The summed E-state index contributed by atoms with van der Waals surface area (Å²) >= 11 is 0. The van der Waals surface area contributed by atoms with Crippen molar-refractivity contribution < 1.29 is 56.7 Å². The van der Waals surface area contributed by atoms with Crippen molar-refractivity contribution in [3.63, 3.8) is 0 Å². The van der Waals surface area contributed by atoms with E-state index < -0.39 is 270 Å². The molecular formula is C44H38N5Si+. The Hall–Kier alpha value is -5.72. The summed E-state index contributed by atoms with van der Waals surface area (Å²) in [7, 11) is -7.71. The van der Waals surface area contributed by atoms with Gasteiger partial charge in [-0.1, -0.05) is 147 Å². The molecule has 9 rings (SSSR count). The Morgan fingerprint density at radius 2 is 1.16 bits per heavy atom. The average molecular weight is 703 g/mol. The van der Waals surface area contributed by atoms with Gasteiger partial charge in [-0.3, -0.25) is 4.57 Å². The number of benzene rings is 5. The standard InChI is InChI=1S/C44H38N5Si/c1-5-19-34(20-6-1)50(35-21-7-2-8-22-35,36-23-9-3-10-24-36)37-25-17-18-33(32-37)42-45-43(48-30-15-4-16-31-48)47-44(46-42)49-40-28-13-11-26-38(40)39-27-12-14-29-41(39)49/h1-2,4-8,11-22,25-32,36H,3,9-10,23-24H2/q+1/i1D,2D,3D2,4D,5D,6D,7D,8D,9D2,10D2,11D,12D,13D,14D,15D,16D,17D,18D,19D,20D,21D,22D,23D2,24D2,25D,26D,27D,28D,29D,30D,31D,32D,36D. The van der Waals surface area contributed by atoms with Gasteiger partial charge in [0.15, 0.2) is 8.07 Å². The normalized spacial score (nSPS) is 30.4. The minimum atomic E-state index is -7.71. The van der Waals surface area contributed by atoms with Crippen molar-refractivity contribution in [2.24, 2.45) is 0 Å². The van der Waals surface area contributed by atoms with E-state index in [9.17, 15) is 17.8 Å². The monoisotopic (exact) mass is 703 g/mol. The van der Waals surface area contributed by atoms with Crippen molar-refractivity contribution >= 4 is 45.4 Å². The lowest BCUT2D eigenvalue weighted by Gasteiger charge is -2.42. The Labute approximate surface area is 347 Å². The Balaban J connectivity index is 1.68. The van der Waals surface area contributed by atoms with Crippen LogP contribution >= 0.6 is 0 Å². The molecule has 6 heteroatoms. The molecule has 0 unspecified atom stereocenters. The predicted octanol–water partition coefficient (Wildman–Crippen LogP) is 7.72. The summed E-state index contributed by atoms with van der Waals surface area (Å²) in [4.78, 5) is 12.8.